The Kier molecular flexibility index (Phi) is 3.74. The molecule has 2 heterocycles. The summed E-state index contributed by atoms with van der Waals surface area (Å²) in [6, 6.07) is 14.5. The molecule has 0 spiro atoms. The van der Waals surface area contributed by atoms with Gasteiger partial charge in [-0.25, -0.2) is 0 Å². The Morgan fingerprint density at radius 1 is 1.12 bits per heavy atom. The number of amides is 1. The number of nitrogen functional groups attached to an aromatic ring is 1. The minimum absolute atomic E-state index is 0.165. The molecule has 0 bridgehead atoms. The Bertz CT molecular complexity index is 905. The van der Waals surface area contributed by atoms with Crippen molar-refractivity contribution in [2.24, 2.45) is 0 Å². The highest BCUT2D eigenvalue weighted by molar-refractivity contribution is 5.95. The highest BCUT2D eigenvalue weighted by atomic mass is 16.6. The maximum absolute atomic E-state index is 12.4. The fourth-order valence-electron chi connectivity index (χ4n) is 2.57. The Morgan fingerprint density at radius 2 is 1.88 bits per heavy atom. The number of nitrogens with one attached hydrogen (secondary N) is 1. The fourth-order valence-corrected chi connectivity index (χ4v) is 2.57. The van der Waals surface area contributed by atoms with E-state index in [1.807, 2.05) is 24.3 Å². The number of hydrogen-bond donors (Lipinski definition) is 2. The van der Waals surface area contributed by atoms with Crippen LogP contribution < -0.4 is 20.5 Å². The summed E-state index contributed by atoms with van der Waals surface area (Å²) in [6.07, 6.45) is 0.844. The van der Waals surface area contributed by atoms with E-state index in [0.717, 1.165) is 5.56 Å². The van der Waals surface area contributed by atoms with Gasteiger partial charge in [0.2, 0.25) is 12.0 Å². The molecule has 0 radical (unpaired) electrons. The molecule has 1 atom stereocenters. The average molecular weight is 337 g/mol. The minimum Gasteiger partial charge on any atom is -0.485 e. The predicted molar refractivity (Wildman–Crippen MR) is 91.3 cm³/mol. The zero-order chi connectivity index (χ0) is 17.2. The standard InChI is InChI=1S/C18H15N3O4/c19-17-13(9-20-25-17)11-5-7-12(8-6-11)21-18(22)16-10-23-14-3-1-2-4-15(14)24-16/h1-9,16H,10,19H2,(H,21,22). The first kappa shape index (κ1) is 15.1. The summed E-state index contributed by atoms with van der Waals surface area (Å²) in [4.78, 5) is 12.4. The molecule has 7 nitrogen and oxygen atoms in total. The lowest BCUT2D eigenvalue weighted by Crippen LogP contribution is -2.40. The Morgan fingerprint density at radius 3 is 2.60 bits per heavy atom. The molecule has 7 heteroatoms. The number of aromatic nitrogens is 1. The van der Waals surface area contributed by atoms with E-state index < -0.39 is 6.10 Å². The van der Waals surface area contributed by atoms with Crippen LogP contribution in [0.4, 0.5) is 11.6 Å². The third kappa shape index (κ3) is 2.99. The first-order valence-electron chi connectivity index (χ1n) is 7.70. The van der Waals surface area contributed by atoms with E-state index in [4.69, 9.17) is 19.7 Å². The largest absolute Gasteiger partial charge is 0.485 e. The SMILES string of the molecule is Nc1oncc1-c1ccc(NC(=O)C2COc3ccccc3O2)cc1. The smallest absolute Gasteiger partial charge is 0.269 e. The summed E-state index contributed by atoms with van der Waals surface area (Å²) < 4.78 is 16.1. The number of nitrogens with two attached hydrogens (primary N) is 1. The number of anilines is 2. The van der Waals surface area contributed by atoms with Crippen LogP contribution in [0.3, 0.4) is 0 Å². The van der Waals surface area contributed by atoms with Crippen LogP contribution in [-0.2, 0) is 4.79 Å². The number of hydrogen-bond acceptors (Lipinski definition) is 6. The van der Waals surface area contributed by atoms with Gasteiger partial charge in [-0.05, 0) is 29.8 Å². The lowest BCUT2D eigenvalue weighted by Gasteiger charge is -2.25. The van der Waals surface area contributed by atoms with Crippen LogP contribution in [-0.4, -0.2) is 23.8 Å². The lowest BCUT2D eigenvalue weighted by molar-refractivity contribution is -0.125. The number of para-hydroxylation sites is 2. The zero-order valence-corrected chi connectivity index (χ0v) is 13.1. The maximum Gasteiger partial charge on any atom is 0.269 e. The number of carbonyl (C=O) groups excluding carboxylic acids is 1. The van der Waals surface area contributed by atoms with Crippen molar-refractivity contribution in [2.75, 3.05) is 17.7 Å². The van der Waals surface area contributed by atoms with Gasteiger partial charge in [0.25, 0.3) is 5.91 Å². The summed E-state index contributed by atoms with van der Waals surface area (Å²) in [5.74, 6) is 1.18. The van der Waals surface area contributed by atoms with E-state index in [1.54, 1.807) is 30.5 Å². The molecule has 2 aromatic carbocycles. The molecular formula is C18H15N3O4. The molecule has 0 fully saturated rings. The zero-order valence-electron chi connectivity index (χ0n) is 13.1. The van der Waals surface area contributed by atoms with Crippen molar-refractivity contribution in [2.45, 2.75) is 6.10 Å². The molecule has 0 saturated heterocycles. The molecule has 1 aromatic heterocycles. The molecule has 3 N–H and O–H groups in total. The highest BCUT2D eigenvalue weighted by Crippen LogP contribution is 2.31. The van der Waals surface area contributed by atoms with Gasteiger partial charge in [-0.3, -0.25) is 4.79 Å². The third-order valence-corrected chi connectivity index (χ3v) is 3.86. The second-order valence-corrected chi connectivity index (χ2v) is 5.53. The molecule has 1 amide bonds. The monoisotopic (exact) mass is 337 g/mol. The lowest BCUT2D eigenvalue weighted by atomic mass is 10.1. The average Bonchev–Trinajstić information content (AvgIpc) is 3.08. The number of fused-ring (bicyclic) bond motifs is 1. The quantitative estimate of drug-likeness (QED) is 0.762. The van der Waals surface area contributed by atoms with Crippen LogP contribution in [0.15, 0.2) is 59.3 Å². The highest BCUT2D eigenvalue weighted by Gasteiger charge is 2.27. The number of carbonyl (C=O) groups is 1. The third-order valence-electron chi connectivity index (χ3n) is 3.86. The maximum atomic E-state index is 12.4. The van der Waals surface area contributed by atoms with Gasteiger partial charge in [0.05, 0.1) is 11.8 Å². The Labute approximate surface area is 143 Å². The summed E-state index contributed by atoms with van der Waals surface area (Å²) >= 11 is 0. The normalized spacial score (nSPS) is 15.6. The van der Waals surface area contributed by atoms with Gasteiger partial charge in [0.15, 0.2) is 11.5 Å². The molecule has 25 heavy (non-hydrogen) atoms. The predicted octanol–water partition coefficient (Wildman–Crippen LogP) is 2.70. The van der Waals surface area contributed by atoms with Crippen molar-refractivity contribution in [1.82, 2.24) is 5.16 Å². The van der Waals surface area contributed by atoms with Crippen LogP contribution in [0.25, 0.3) is 11.1 Å². The number of nitrogens with zero attached hydrogens (tertiary/aromatic N) is 1. The van der Waals surface area contributed by atoms with Crippen molar-refractivity contribution in [1.29, 1.82) is 0 Å². The molecule has 0 aliphatic carbocycles. The van der Waals surface area contributed by atoms with E-state index in [2.05, 4.69) is 10.5 Å². The minimum atomic E-state index is -0.705. The molecule has 1 unspecified atom stereocenters. The van der Waals surface area contributed by atoms with Crippen LogP contribution >= 0.6 is 0 Å². The molecule has 126 valence electrons. The van der Waals surface area contributed by atoms with E-state index in [1.165, 1.54) is 0 Å². The van der Waals surface area contributed by atoms with Crippen LogP contribution in [0.5, 0.6) is 11.5 Å². The van der Waals surface area contributed by atoms with Gasteiger partial charge in [-0.15, -0.1) is 0 Å². The second kappa shape index (κ2) is 6.20. The molecule has 3 aromatic rings. The van der Waals surface area contributed by atoms with Crippen molar-refractivity contribution in [3.8, 4) is 22.6 Å². The van der Waals surface area contributed by atoms with Crippen molar-refractivity contribution < 1.29 is 18.8 Å². The van der Waals surface area contributed by atoms with Gasteiger partial charge in [0.1, 0.15) is 6.61 Å². The number of ether oxygens (including phenoxy) is 2. The van der Waals surface area contributed by atoms with E-state index in [-0.39, 0.29) is 18.4 Å². The number of rotatable bonds is 3. The Balaban J connectivity index is 1.44. The summed E-state index contributed by atoms with van der Waals surface area (Å²) in [5.41, 5.74) is 7.90. The van der Waals surface area contributed by atoms with Crippen molar-refractivity contribution in [3.63, 3.8) is 0 Å². The molecule has 1 aliphatic heterocycles. The van der Waals surface area contributed by atoms with E-state index in [9.17, 15) is 4.79 Å². The summed E-state index contributed by atoms with van der Waals surface area (Å²) in [5, 5.41) is 6.46. The van der Waals surface area contributed by atoms with Crippen LogP contribution in [0.1, 0.15) is 0 Å². The molecule has 4 rings (SSSR count). The Hall–Kier alpha value is -3.48. The van der Waals surface area contributed by atoms with Gasteiger partial charge in [0, 0.05) is 5.69 Å². The van der Waals surface area contributed by atoms with Gasteiger partial charge >= 0.3 is 0 Å². The fraction of sp³-hybridized carbons (Fsp3) is 0.111. The van der Waals surface area contributed by atoms with Gasteiger partial charge in [-0.1, -0.05) is 29.4 Å². The topological polar surface area (TPSA) is 99.6 Å². The van der Waals surface area contributed by atoms with Gasteiger partial charge < -0.3 is 25.0 Å². The summed E-state index contributed by atoms with van der Waals surface area (Å²) in [6.45, 7) is 0.165. The molecular weight excluding hydrogens is 322 g/mol. The van der Waals surface area contributed by atoms with Gasteiger partial charge in [-0.2, -0.15) is 0 Å². The van der Waals surface area contributed by atoms with Crippen LogP contribution in [0, 0.1) is 0 Å². The van der Waals surface area contributed by atoms with Crippen molar-refractivity contribution >= 4 is 17.5 Å². The first-order chi connectivity index (χ1) is 12.2. The van der Waals surface area contributed by atoms with E-state index >= 15 is 0 Å². The molecule has 1 aliphatic rings. The second-order valence-electron chi connectivity index (χ2n) is 5.53. The first-order valence-corrected chi connectivity index (χ1v) is 7.70. The van der Waals surface area contributed by atoms with E-state index in [0.29, 0.717) is 22.7 Å². The van der Waals surface area contributed by atoms with Crippen molar-refractivity contribution in [3.05, 3.63) is 54.7 Å². The molecule has 0 saturated carbocycles. The van der Waals surface area contributed by atoms with Crippen LogP contribution in [0.2, 0.25) is 0 Å². The number of benzene rings is 2. The summed E-state index contributed by atoms with van der Waals surface area (Å²) in [7, 11) is 0.